The van der Waals surface area contributed by atoms with Crippen LogP contribution in [0.15, 0.2) is 0 Å². The highest BCUT2D eigenvalue weighted by Gasteiger charge is 2.02. The van der Waals surface area contributed by atoms with Gasteiger partial charge in [0.2, 0.25) is 0 Å². The van der Waals surface area contributed by atoms with Crippen LogP contribution in [0, 0.1) is 0 Å². The van der Waals surface area contributed by atoms with Gasteiger partial charge in [-0.3, -0.25) is 4.79 Å². The van der Waals surface area contributed by atoms with E-state index in [-0.39, 0.29) is 5.97 Å². The Labute approximate surface area is 168 Å². The van der Waals surface area contributed by atoms with Gasteiger partial charge in [0.05, 0.1) is 19.8 Å². The number of carbonyl (C=O) groups excluding carboxylic acids is 1. The number of esters is 1. The molecule has 0 aromatic carbocycles. The average molecular weight is 387 g/mol. The maximum absolute atomic E-state index is 11.6. The minimum atomic E-state index is -0.0972. The predicted octanol–water partition coefficient (Wildman–Crippen LogP) is 6.45. The SMILES string of the molecule is CCCCCCCCCCOCCOCCOC(=O)CCCCCCCC. The Morgan fingerprint density at radius 2 is 0.963 bits per heavy atom. The van der Waals surface area contributed by atoms with Gasteiger partial charge in [-0.1, -0.05) is 90.9 Å². The van der Waals surface area contributed by atoms with E-state index in [2.05, 4.69) is 13.8 Å². The summed E-state index contributed by atoms with van der Waals surface area (Å²) < 4.78 is 16.2. The fourth-order valence-electron chi connectivity index (χ4n) is 3.00. The topological polar surface area (TPSA) is 44.8 Å². The Balaban J connectivity index is 3.10. The Kier molecular flexibility index (Phi) is 22.9. The summed E-state index contributed by atoms with van der Waals surface area (Å²) in [6.45, 7) is 7.31. The van der Waals surface area contributed by atoms with Crippen LogP contribution < -0.4 is 0 Å². The van der Waals surface area contributed by atoms with E-state index in [0.717, 1.165) is 25.9 Å². The summed E-state index contributed by atoms with van der Waals surface area (Å²) in [6.07, 6.45) is 18.2. The van der Waals surface area contributed by atoms with Gasteiger partial charge in [0.1, 0.15) is 6.61 Å². The summed E-state index contributed by atoms with van der Waals surface area (Å²) in [5.41, 5.74) is 0. The van der Waals surface area contributed by atoms with Gasteiger partial charge in [-0.05, 0) is 12.8 Å². The van der Waals surface area contributed by atoms with Crippen molar-refractivity contribution in [3.63, 3.8) is 0 Å². The van der Waals surface area contributed by atoms with Crippen molar-refractivity contribution in [2.45, 2.75) is 110 Å². The molecule has 162 valence electrons. The zero-order chi connectivity index (χ0) is 19.8. The molecule has 0 aliphatic rings. The number of hydrogen-bond donors (Lipinski definition) is 0. The molecule has 0 bridgehead atoms. The van der Waals surface area contributed by atoms with E-state index in [9.17, 15) is 4.79 Å². The molecule has 0 atom stereocenters. The van der Waals surface area contributed by atoms with E-state index >= 15 is 0 Å². The lowest BCUT2D eigenvalue weighted by atomic mass is 10.1. The van der Waals surface area contributed by atoms with E-state index < -0.39 is 0 Å². The van der Waals surface area contributed by atoms with Gasteiger partial charge in [0, 0.05) is 13.0 Å². The molecule has 0 unspecified atom stereocenters. The second-order valence-corrected chi connectivity index (χ2v) is 7.44. The van der Waals surface area contributed by atoms with E-state index in [0.29, 0.717) is 32.8 Å². The largest absolute Gasteiger partial charge is 0.463 e. The van der Waals surface area contributed by atoms with Crippen molar-refractivity contribution in [1.82, 2.24) is 0 Å². The van der Waals surface area contributed by atoms with Crippen molar-refractivity contribution >= 4 is 5.97 Å². The lowest BCUT2D eigenvalue weighted by Gasteiger charge is -2.07. The molecule has 0 heterocycles. The highest BCUT2D eigenvalue weighted by Crippen LogP contribution is 2.08. The molecule has 4 heteroatoms. The molecule has 0 aliphatic carbocycles. The van der Waals surface area contributed by atoms with Gasteiger partial charge < -0.3 is 14.2 Å². The first-order valence-electron chi connectivity index (χ1n) is 11.6. The Morgan fingerprint density at radius 1 is 0.519 bits per heavy atom. The number of rotatable bonds is 22. The van der Waals surface area contributed by atoms with Gasteiger partial charge in [-0.25, -0.2) is 0 Å². The van der Waals surface area contributed by atoms with Gasteiger partial charge >= 0.3 is 5.97 Å². The molecule has 0 rings (SSSR count). The molecule has 0 saturated heterocycles. The molecule has 0 aromatic heterocycles. The molecule has 0 saturated carbocycles. The monoisotopic (exact) mass is 386 g/mol. The Bertz CT molecular complexity index is 294. The summed E-state index contributed by atoms with van der Waals surface area (Å²) in [5.74, 6) is -0.0972. The predicted molar refractivity (Wildman–Crippen MR) is 113 cm³/mol. The molecule has 4 nitrogen and oxygen atoms in total. The molecule has 0 N–H and O–H groups in total. The Morgan fingerprint density at radius 3 is 1.56 bits per heavy atom. The van der Waals surface area contributed by atoms with E-state index in [1.165, 1.54) is 70.6 Å². The van der Waals surface area contributed by atoms with Crippen molar-refractivity contribution in [3.05, 3.63) is 0 Å². The second-order valence-electron chi connectivity index (χ2n) is 7.44. The zero-order valence-electron chi connectivity index (χ0n) is 18.3. The van der Waals surface area contributed by atoms with Crippen molar-refractivity contribution in [2.24, 2.45) is 0 Å². The number of carbonyl (C=O) groups is 1. The highest BCUT2D eigenvalue weighted by atomic mass is 16.6. The van der Waals surface area contributed by atoms with Crippen molar-refractivity contribution in [3.8, 4) is 0 Å². The quantitative estimate of drug-likeness (QED) is 0.158. The summed E-state index contributed by atoms with van der Waals surface area (Å²) in [5, 5.41) is 0. The molecule has 0 fully saturated rings. The molecular weight excluding hydrogens is 340 g/mol. The number of ether oxygens (including phenoxy) is 3. The average Bonchev–Trinajstić information content (AvgIpc) is 2.67. The first kappa shape index (κ1) is 26.4. The fraction of sp³-hybridized carbons (Fsp3) is 0.957. The fourth-order valence-corrected chi connectivity index (χ4v) is 3.00. The van der Waals surface area contributed by atoms with Gasteiger partial charge in [-0.2, -0.15) is 0 Å². The molecular formula is C23H46O4. The van der Waals surface area contributed by atoms with Crippen LogP contribution in [0.5, 0.6) is 0 Å². The van der Waals surface area contributed by atoms with Crippen molar-refractivity contribution in [2.75, 3.05) is 33.0 Å². The highest BCUT2D eigenvalue weighted by molar-refractivity contribution is 5.69. The van der Waals surface area contributed by atoms with E-state index in [4.69, 9.17) is 14.2 Å². The van der Waals surface area contributed by atoms with Crippen molar-refractivity contribution in [1.29, 1.82) is 0 Å². The summed E-state index contributed by atoms with van der Waals surface area (Å²) in [4.78, 5) is 11.6. The van der Waals surface area contributed by atoms with Crippen LogP contribution >= 0.6 is 0 Å². The van der Waals surface area contributed by atoms with E-state index in [1.807, 2.05) is 0 Å². The molecule has 0 aromatic rings. The molecule has 0 amide bonds. The summed E-state index contributed by atoms with van der Waals surface area (Å²) in [6, 6.07) is 0. The first-order valence-corrected chi connectivity index (χ1v) is 11.6. The molecule has 0 spiro atoms. The van der Waals surface area contributed by atoms with Crippen LogP contribution in [-0.4, -0.2) is 39.0 Å². The number of unbranched alkanes of at least 4 members (excludes halogenated alkanes) is 12. The van der Waals surface area contributed by atoms with Crippen LogP contribution in [0.1, 0.15) is 110 Å². The van der Waals surface area contributed by atoms with Crippen LogP contribution in [0.25, 0.3) is 0 Å². The Hall–Kier alpha value is -0.610. The van der Waals surface area contributed by atoms with E-state index in [1.54, 1.807) is 0 Å². The third-order valence-corrected chi connectivity index (χ3v) is 4.74. The van der Waals surface area contributed by atoms with Gasteiger partial charge in [0.15, 0.2) is 0 Å². The number of hydrogen-bond acceptors (Lipinski definition) is 4. The third kappa shape index (κ3) is 23.4. The van der Waals surface area contributed by atoms with Crippen LogP contribution in [0.2, 0.25) is 0 Å². The van der Waals surface area contributed by atoms with Gasteiger partial charge in [0.25, 0.3) is 0 Å². The standard InChI is InChI=1S/C23H46O4/c1-3-5-7-9-11-12-14-16-18-25-19-20-26-21-22-27-23(24)17-15-13-10-8-6-4-2/h3-22H2,1-2H3. The van der Waals surface area contributed by atoms with Gasteiger partial charge in [-0.15, -0.1) is 0 Å². The maximum Gasteiger partial charge on any atom is 0.305 e. The van der Waals surface area contributed by atoms with Crippen LogP contribution in [0.4, 0.5) is 0 Å². The molecule has 27 heavy (non-hydrogen) atoms. The maximum atomic E-state index is 11.6. The molecule has 0 radical (unpaired) electrons. The van der Waals surface area contributed by atoms with Crippen LogP contribution in [0.3, 0.4) is 0 Å². The normalized spacial score (nSPS) is 11.0. The lowest BCUT2D eigenvalue weighted by Crippen LogP contribution is -2.13. The zero-order valence-corrected chi connectivity index (χ0v) is 18.3. The minimum absolute atomic E-state index is 0.0972. The summed E-state index contributed by atoms with van der Waals surface area (Å²) >= 11 is 0. The lowest BCUT2D eigenvalue weighted by molar-refractivity contribution is -0.145. The second kappa shape index (κ2) is 23.4. The minimum Gasteiger partial charge on any atom is -0.463 e. The van der Waals surface area contributed by atoms with Crippen LogP contribution in [-0.2, 0) is 19.0 Å². The first-order chi connectivity index (χ1) is 13.3. The third-order valence-electron chi connectivity index (χ3n) is 4.74. The smallest absolute Gasteiger partial charge is 0.305 e. The summed E-state index contributed by atoms with van der Waals surface area (Å²) in [7, 11) is 0. The van der Waals surface area contributed by atoms with Crippen molar-refractivity contribution < 1.29 is 19.0 Å². The molecule has 0 aliphatic heterocycles.